The number of hydrogen-bond acceptors (Lipinski definition) is 6. The highest BCUT2D eigenvalue weighted by atomic mass is 16.6. The fourth-order valence-corrected chi connectivity index (χ4v) is 1.47. The predicted octanol–water partition coefficient (Wildman–Crippen LogP) is 1.76. The summed E-state index contributed by atoms with van der Waals surface area (Å²) in [5.74, 6) is -0.884. The van der Waals surface area contributed by atoms with E-state index in [1.807, 2.05) is 0 Å². The van der Waals surface area contributed by atoms with Gasteiger partial charge in [-0.05, 0) is 23.8 Å². The Balaban J connectivity index is 3.37. The summed E-state index contributed by atoms with van der Waals surface area (Å²) in [6, 6.07) is 3.01. The molecule has 0 saturated carbocycles. The topological polar surface area (TPSA) is 78.9 Å². The van der Waals surface area contributed by atoms with Crippen LogP contribution in [0, 0.1) is 0 Å². The first-order valence-electron chi connectivity index (χ1n) is 5.68. The molecule has 0 aromatic heterocycles. The summed E-state index contributed by atoms with van der Waals surface area (Å²) in [6.45, 7) is 2.44. The number of carbonyl (C=O) groups excluding carboxylic acids is 3. The van der Waals surface area contributed by atoms with Crippen LogP contribution in [-0.2, 0) is 14.4 Å². The molecule has 1 rings (SSSR count). The number of carbonyl (C=O) groups is 3. The van der Waals surface area contributed by atoms with Crippen LogP contribution >= 0.6 is 0 Å². The zero-order chi connectivity index (χ0) is 15.1. The molecule has 0 radical (unpaired) electrons. The molecule has 20 heavy (non-hydrogen) atoms. The standard InChI is InChI=1S/C14H14O6/c1-9(16)19-13-8-11(5-4-6-15)7-12(18-3)14(13)20-10(2)17/h4-8H,1-3H3. The highest BCUT2D eigenvalue weighted by Gasteiger charge is 2.17. The molecule has 0 N–H and O–H groups in total. The molecule has 0 bridgehead atoms. The van der Waals surface area contributed by atoms with Gasteiger partial charge in [0.1, 0.15) is 6.29 Å². The van der Waals surface area contributed by atoms with Crippen LogP contribution in [0.5, 0.6) is 17.2 Å². The smallest absolute Gasteiger partial charge is 0.308 e. The van der Waals surface area contributed by atoms with Crippen molar-refractivity contribution in [2.75, 3.05) is 7.11 Å². The van der Waals surface area contributed by atoms with Crippen molar-refractivity contribution >= 4 is 24.3 Å². The highest BCUT2D eigenvalue weighted by molar-refractivity contribution is 5.78. The number of allylic oxidation sites excluding steroid dienone is 1. The van der Waals surface area contributed by atoms with E-state index in [0.717, 1.165) is 0 Å². The Kier molecular flexibility index (Phi) is 5.46. The second-order valence-electron chi connectivity index (χ2n) is 3.73. The van der Waals surface area contributed by atoms with Gasteiger partial charge in [0.2, 0.25) is 5.75 Å². The summed E-state index contributed by atoms with van der Waals surface area (Å²) in [5, 5.41) is 0. The summed E-state index contributed by atoms with van der Waals surface area (Å²) >= 11 is 0. The van der Waals surface area contributed by atoms with Gasteiger partial charge in [0.15, 0.2) is 11.5 Å². The fourth-order valence-electron chi connectivity index (χ4n) is 1.47. The van der Waals surface area contributed by atoms with Crippen LogP contribution in [0.2, 0.25) is 0 Å². The Hall–Kier alpha value is -2.63. The van der Waals surface area contributed by atoms with Crippen molar-refractivity contribution in [1.29, 1.82) is 0 Å². The second-order valence-corrected chi connectivity index (χ2v) is 3.73. The van der Waals surface area contributed by atoms with Crippen LogP contribution in [0.3, 0.4) is 0 Å². The Morgan fingerprint density at radius 1 is 1.05 bits per heavy atom. The molecule has 0 amide bonds. The third-order valence-electron chi connectivity index (χ3n) is 2.13. The van der Waals surface area contributed by atoms with Gasteiger partial charge in [-0.3, -0.25) is 14.4 Å². The Morgan fingerprint density at radius 3 is 2.15 bits per heavy atom. The molecule has 0 unspecified atom stereocenters. The number of esters is 2. The maximum absolute atomic E-state index is 11.1. The van der Waals surface area contributed by atoms with E-state index < -0.39 is 11.9 Å². The molecule has 0 aliphatic heterocycles. The van der Waals surface area contributed by atoms with Crippen molar-refractivity contribution < 1.29 is 28.6 Å². The molecule has 0 aliphatic rings. The van der Waals surface area contributed by atoms with Crippen LogP contribution in [0.1, 0.15) is 19.4 Å². The van der Waals surface area contributed by atoms with Crippen LogP contribution in [0.4, 0.5) is 0 Å². The largest absolute Gasteiger partial charge is 0.493 e. The van der Waals surface area contributed by atoms with E-state index in [1.165, 1.54) is 39.2 Å². The van der Waals surface area contributed by atoms with Crippen molar-refractivity contribution in [2.45, 2.75) is 13.8 Å². The van der Waals surface area contributed by atoms with E-state index >= 15 is 0 Å². The molecule has 1 aromatic carbocycles. The lowest BCUT2D eigenvalue weighted by Crippen LogP contribution is -2.08. The highest BCUT2D eigenvalue weighted by Crippen LogP contribution is 2.39. The van der Waals surface area contributed by atoms with Crippen LogP contribution < -0.4 is 14.2 Å². The Morgan fingerprint density at radius 2 is 1.65 bits per heavy atom. The number of hydrogen-bond donors (Lipinski definition) is 0. The minimum atomic E-state index is -0.576. The molecule has 6 heteroatoms. The van der Waals surface area contributed by atoms with Gasteiger partial charge in [0.05, 0.1) is 7.11 Å². The third kappa shape index (κ3) is 4.24. The minimum absolute atomic E-state index is 0.0125. The lowest BCUT2D eigenvalue weighted by Gasteiger charge is -2.13. The minimum Gasteiger partial charge on any atom is -0.493 e. The molecule has 0 saturated heterocycles. The molecule has 106 valence electrons. The molecular formula is C14H14O6. The number of benzene rings is 1. The van der Waals surface area contributed by atoms with Crippen molar-refractivity contribution in [3.63, 3.8) is 0 Å². The van der Waals surface area contributed by atoms with Crippen molar-refractivity contribution in [3.05, 3.63) is 23.8 Å². The zero-order valence-corrected chi connectivity index (χ0v) is 11.3. The maximum atomic E-state index is 11.1. The van der Waals surface area contributed by atoms with Gasteiger partial charge in [-0.15, -0.1) is 0 Å². The molecular weight excluding hydrogens is 264 g/mol. The molecule has 0 aliphatic carbocycles. The number of aldehydes is 1. The number of methoxy groups -OCH3 is 1. The van der Waals surface area contributed by atoms with Crippen molar-refractivity contribution in [2.24, 2.45) is 0 Å². The van der Waals surface area contributed by atoms with Crippen LogP contribution in [0.15, 0.2) is 18.2 Å². The van der Waals surface area contributed by atoms with Gasteiger partial charge in [-0.2, -0.15) is 0 Å². The quantitative estimate of drug-likeness (QED) is 0.353. The summed E-state index contributed by atoms with van der Waals surface area (Å²) in [7, 11) is 1.38. The van der Waals surface area contributed by atoms with Crippen molar-refractivity contribution in [1.82, 2.24) is 0 Å². The first-order chi connectivity index (χ1) is 9.47. The monoisotopic (exact) mass is 278 g/mol. The normalized spacial score (nSPS) is 10.2. The molecule has 0 heterocycles. The molecule has 6 nitrogen and oxygen atoms in total. The third-order valence-corrected chi connectivity index (χ3v) is 2.13. The number of ether oxygens (including phenoxy) is 3. The van der Waals surface area contributed by atoms with E-state index in [0.29, 0.717) is 11.8 Å². The Labute approximate surface area is 115 Å². The van der Waals surface area contributed by atoms with Gasteiger partial charge in [-0.1, -0.05) is 6.08 Å². The average molecular weight is 278 g/mol. The Bertz CT molecular complexity index is 559. The van der Waals surface area contributed by atoms with E-state index in [1.54, 1.807) is 6.07 Å². The summed E-state index contributed by atoms with van der Waals surface area (Å²) < 4.78 is 15.1. The first kappa shape index (κ1) is 15.4. The molecule has 0 atom stereocenters. The van der Waals surface area contributed by atoms with Gasteiger partial charge in [-0.25, -0.2) is 0 Å². The number of rotatable bonds is 5. The van der Waals surface area contributed by atoms with E-state index in [4.69, 9.17) is 14.2 Å². The van der Waals surface area contributed by atoms with Crippen molar-refractivity contribution in [3.8, 4) is 17.2 Å². The van der Waals surface area contributed by atoms with E-state index in [-0.39, 0.29) is 17.2 Å². The van der Waals surface area contributed by atoms with E-state index in [9.17, 15) is 14.4 Å². The van der Waals surface area contributed by atoms with Crippen LogP contribution in [0.25, 0.3) is 6.08 Å². The van der Waals surface area contributed by atoms with Crippen LogP contribution in [-0.4, -0.2) is 25.3 Å². The van der Waals surface area contributed by atoms with Gasteiger partial charge < -0.3 is 14.2 Å². The zero-order valence-electron chi connectivity index (χ0n) is 11.3. The van der Waals surface area contributed by atoms with E-state index in [2.05, 4.69) is 0 Å². The summed E-state index contributed by atoms with van der Waals surface area (Å²) in [6.07, 6.45) is 3.38. The summed E-state index contributed by atoms with van der Waals surface area (Å²) in [5.41, 5.74) is 0.557. The SMILES string of the molecule is COc1cc(C=CC=O)cc(OC(C)=O)c1OC(C)=O. The van der Waals surface area contributed by atoms with Gasteiger partial charge in [0.25, 0.3) is 0 Å². The molecule has 1 aromatic rings. The molecule has 0 fully saturated rings. The lowest BCUT2D eigenvalue weighted by molar-refractivity contribution is -0.134. The average Bonchev–Trinajstić information content (AvgIpc) is 2.37. The first-order valence-corrected chi connectivity index (χ1v) is 5.68. The lowest BCUT2D eigenvalue weighted by atomic mass is 10.1. The van der Waals surface area contributed by atoms with Gasteiger partial charge in [0, 0.05) is 13.8 Å². The fraction of sp³-hybridized carbons (Fsp3) is 0.214. The predicted molar refractivity (Wildman–Crippen MR) is 70.7 cm³/mol. The van der Waals surface area contributed by atoms with Gasteiger partial charge >= 0.3 is 11.9 Å². The maximum Gasteiger partial charge on any atom is 0.308 e. The molecule has 0 spiro atoms. The second kappa shape index (κ2) is 7.08. The summed E-state index contributed by atoms with van der Waals surface area (Å²) in [4.78, 5) is 32.5.